The third kappa shape index (κ3) is 9.19. The molecule has 10 heteroatoms. The lowest BCUT2D eigenvalue weighted by Crippen LogP contribution is -2.54. The Balaban J connectivity index is 1.80. The fraction of sp³-hybridized carbons (Fsp3) is 0.257. The van der Waals surface area contributed by atoms with Crippen molar-refractivity contribution in [3.8, 4) is 0 Å². The normalized spacial score (nSPS) is 12.6. The third-order valence-corrected chi connectivity index (χ3v) is 10.1. The molecule has 0 bridgehead atoms. The number of rotatable bonds is 13. The van der Waals surface area contributed by atoms with Crippen LogP contribution >= 0.6 is 27.5 Å². The molecule has 0 fully saturated rings. The number of nitrogens with one attached hydrogen (secondary N) is 1. The number of hydrogen-bond acceptors (Lipinski definition) is 4. The van der Waals surface area contributed by atoms with Gasteiger partial charge in [0, 0.05) is 28.5 Å². The number of carbonyl (C=O) groups is 2. The Labute approximate surface area is 279 Å². The molecule has 0 heterocycles. The number of sulfonamides is 1. The third-order valence-electron chi connectivity index (χ3n) is 7.54. The fourth-order valence-corrected chi connectivity index (χ4v) is 6.56. The van der Waals surface area contributed by atoms with Crippen molar-refractivity contribution >= 4 is 55.1 Å². The molecule has 0 aliphatic carbocycles. The number of halogens is 2. The van der Waals surface area contributed by atoms with E-state index in [0.29, 0.717) is 17.1 Å². The summed E-state index contributed by atoms with van der Waals surface area (Å²) >= 11 is 9.56. The molecule has 0 spiro atoms. The van der Waals surface area contributed by atoms with Gasteiger partial charge in [-0.05, 0) is 79.9 Å². The van der Waals surface area contributed by atoms with Crippen LogP contribution in [0.15, 0.2) is 112 Å². The number of aryl methyl sites for hydroxylation is 1. The largest absolute Gasteiger partial charge is 0.352 e. The molecule has 45 heavy (non-hydrogen) atoms. The van der Waals surface area contributed by atoms with Crippen LogP contribution in [0, 0.1) is 6.92 Å². The molecule has 0 aliphatic heterocycles. The van der Waals surface area contributed by atoms with E-state index in [1.54, 1.807) is 60.7 Å². The minimum Gasteiger partial charge on any atom is -0.352 e. The van der Waals surface area contributed by atoms with E-state index < -0.39 is 28.5 Å². The zero-order valence-corrected chi connectivity index (χ0v) is 28.6. The van der Waals surface area contributed by atoms with Crippen molar-refractivity contribution in [3.05, 3.63) is 129 Å². The first kappa shape index (κ1) is 34.2. The van der Waals surface area contributed by atoms with Crippen molar-refractivity contribution in [2.24, 2.45) is 0 Å². The standard InChI is InChI=1S/C35H37BrClN3O4S/c1-4-26(3)38-35(42)33(22-27-8-6-5-7-9-27)39(23-28-12-16-30(37)17-13-28)34(41)24-40(31-18-14-29(36)15-19-31)45(43,44)32-20-10-25(2)11-21-32/h5-21,26,33H,4,22-24H2,1-3H3,(H,38,42)/t26-,33+/m0/s1. The molecule has 236 valence electrons. The minimum absolute atomic E-state index is 0.0587. The molecule has 2 amide bonds. The second-order valence-electron chi connectivity index (χ2n) is 11.0. The number of hydrogen-bond donors (Lipinski definition) is 1. The van der Waals surface area contributed by atoms with Gasteiger partial charge in [-0.2, -0.15) is 0 Å². The minimum atomic E-state index is -4.17. The summed E-state index contributed by atoms with van der Waals surface area (Å²) in [6.45, 7) is 5.30. The van der Waals surface area contributed by atoms with Crippen LogP contribution in [0.4, 0.5) is 5.69 Å². The van der Waals surface area contributed by atoms with Gasteiger partial charge in [0.1, 0.15) is 12.6 Å². The molecule has 0 saturated carbocycles. The summed E-state index contributed by atoms with van der Waals surface area (Å²) in [6.07, 6.45) is 0.951. The lowest BCUT2D eigenvalue weighted by Gasteiger charge is -2.34. The highest BCUT2D eigenvalue weighted by atomic mass is 79.9. The highest BCUT2D eigenvalue weighted by Crippen LogP contribution is 2.27. The van der Waals surface area contributed by atoms with E-state index >= 15 is 0 Å². The van der Waals surface area contributed by atoms with E-state index in [2.05, 4.69) is 21.2 Å². The van der Waals surface area contributed by atoms with Gasteiger partial charge in [-0.3, -0.25) is 13.9 Å². The second-order valence-corrected chi connectivity index (χ2v) is 14.2. The summed E-state index contributed by atoms with van der Waals surface area (Å²) in [5.74, 6) is -0.837. The van der Waals surface area contributed by atoms with E-state index in [1.807, 2.05) is 51.1 Å². The SMILES string of the molecule is CC[C@H](C)NC(=O)[C@@H](Cc1ccccc1)N(Cc1ccc(Cl)cc1)C(=O)CN(c1ccc(Br)cc1)S(=O)(=O)c1ccc(C)cc1. The molecule has 0 aromatic heterocycles. The van der Waals surface area contributed by atoms with E-state index in [-0.39, 0.29) is 29.8 Å². The van der Waals surface area contributed by atoms with Crippen molar-refractivity contribution in [1.29, 1.82) is 0 Å². The number of benzene rings is 4. The molecule has 0 radical (unpaired) electrons. The quantitative estimate of drug-likeness (QED) is 0.160. The van der Waals surface area contributed by atoms with Gasteiger partial charge in [-0.1, -0.05) is 94.6 Å². The topological polar surface area (TPSA) is 86.8 Å². The number of nitrogens with zero attached hydrogens (tertiary/aromatic N) is 2. The zero-order chi connectivity index (χ0) is 32.6. The Hall–Kier alpha value is -3.66. The van der Waals surface area contributed by atoms with Crippen LogP contribution in [0.25, 0.3) is 0 Å². The van der Waals surface area contributed by atoms with E-state index in [4.69, 9.17) is 11.6 Å². The molecule has 4 rings (SSSR count). The van der Waals surface area contributed by atoms with Crippen molar-refractivity contribution in [3.63, 3.8) is 0 Å². The van der Waals surface area contributed by atoms with E-state index in [1.165, 1.54) is 17.0 Å². The smallest absolute Gasteiger partial charge is 0.264 e. The molecule has 0 unspecified atom stereocenters. The maximum absolute atomic E-state index is 14.5. The fourth-order valence-electron chi connectivity index (χ4n) is 4.76. The predicted molar refractivity (Wildman–Crippen MR) is 184 cm³/mol. The van der Waals surface area contributed by atoms with Crippen LogP contribution in [0.5, 0.6) is 0 Å². The maximum atomic E-state index is 14.5. The van der Waals surface area contributed by atoms with Gasteiger partial charge in [-0.15, -0.1) is 0 Å². The average molecular weight is 711 g/mol. The van der Waals surface area contributed by atoms with Crippen molar-refractivity contribution < 1.29 is 18.0 Å². The lowest BCUT2D eigenvalue weighted by atomic mass is 10.0. The van der Waals surface area contributed by atoms with Crippen LogP contribution in [0.1, 0.15) is 37.0 Å². The predicted octanol–water partition coefficient (Wildman–Crippen LogP) is 7.16. The summed E-state index contributed by atoms with van der Waals surface area (Å²) in [6, 6.07) is 28.7. The van der Waals surface area contributed by atoms with Crippen molar-refractivity contribution in [2.75, 3.05) is 10.8 Å². The summed E-state index contributed by atoms with van der Waals surface area (Å²) < 4.78 is 30.1. The van der Waals surface area contributed by atoms with Gasteiger partial charge in [0.25, 0.3) is 10.0 Å². The van der Waals surface area contributed by atoms with Gasteiger partial charge >= 0.3 is 0 Å². The first-order chi connectivity index (χ1) is 21.5. The van der Waals surface area contributed by atoms with Crippen LogP contribution in [0.2, 0.25) is 5.02 Å². The van der Waals surface area contributed by atoms with Gasteiger partial charge in [-0.25, -0.2) is 8.42 Å². The van der Waals surface area contributed by atoms with Crippen LogP contribution in [-0.2, 0) is 32.6 Å². The van der Waals surface area contributed by atoms with Gasteiger partial charge in [0.15, 0.2) is 0 Å². The Morgan fingerprint density at radius 2 is 1.49 bits per heavy atom. The molecule has 4 aromatic carbocycles. The van der Waals surface area contributed by atoms with Crippen molar-refractivity contribution in [2.45, 2.75) is 57.1 Å². The average Bonchev–Trinajstić information content (AvgIpc) is 3.03. The highest BCUT2D eigenvalue weighted by molar-refractivity contribution is 9.10. The molecule has 1 N–H and O–H groups in total. The second kappa shape index (κ2) is 15.6. The van der Waals surface area contributed by atoms with Gasteiger partial charge < -0.3 is 10.2 Å². The van der Waals surface area contributed by atoms with Gasteiger partial charge in [0.2, 0.25) is 11.8 Å². The Kier molecular flexibility index (Phi) is 11.8. The lowest BCUT2D eigenvalue weighted by molar-refractivity contribution is -0.140. The molecule has 0 saturated heterocycles. The zero-order valence-electron chi connectivity index (χ0n) is 25.5. The van der Waals surface area contributed by atoms with E-state index in [0.717, 1.165) is 25.5 Å². The Bertz CT molecular complexity index is 1680. The number of carbonyl (C=O) groups excluding carboxylic acids is 2. The first-order valence-corrected chi connectivity index (χ1v) is 17.3. The summed E-state index contributed by atoms with van der Waals surface area (Å²) in [5.41, 5.74) is 2.85. The molecule has 4 aromatic rings. The van der Waals surface area contributed by atoms with E-state index in [9.17, 15) is 18.0 Å². The molecule has 0 aliphatic rings. The van der Waals surface area contributed by atoms with Crippen molar-refractivity contribution in [1.82, 2.24) is 10.2 Å². The van der Waals surface area contributed by atoms with Crippen LogP contribution < -0.4 is 9.62 Å². The summed E-state index contributed by atoms with van der Waals surface area (Å²) in [4.78, 5) is 29.9. The number of amides is 2. The highest BCUT2D eigenvalue weighted by Gasteiger charge is 2.35. The molecule has 7 nitrogen and oxygen atoms in total. The number of anilines is 1. The Morgan fingerprint density at radius 1 is 0.867 bits per heavy atom. The first-order valence-electron chi connectivity index (χ1n) is 14.7. The van der Waals surface area contributed by atoms with Gasteiger partial charge in [0.05, 0.1) is 10.6 Å². The van der Waals surface area contributed by atoms with Crippen LogP contribution in [-0.4, -0.2) is 43.8 Å². The monoisotopic (exact) mass is 709 g/mol. The summed E-state index contributed by atoms with van der Waals surface area (Å²) in [5, 5.41) is 3.58. The summed E-state index contributed by atoms with van der Waals surface area (Å²) in [7, 11) is -4.17. The molecular formula is C35H37BrClN3O4S. The van der Waals surface area contributed by atoms with Crippen LogP contribution in [0.3, 0.4) is 0 Å². The molecular weight excluding hydrogens is 674 g/mol. The maximum Gasteiger partial charge on any atom is 0.264 e. The Morgan fingerprint density at radius 3 is 2.09 bits per heavy atom. The molecule has 2 atom stereocenters.